The number of nitrogens with zero attached hydrogens (tertiary/aromatic N) is 2. The van der Waals surface area contributed by atoms with Gasteiger partial charge in [0, 0.05) is 23.9 Å². The van der Waals surface area contributed by atoms with Crippen LogP contribution in [0.15, 0.2) is 5.10 Å². The number of hydrogen-bond acceptors (Lipinski definition) is 3. The van der Waals surface area contributed by atoms with Crippen LogP contribution in [0.25, 0.3) is 0 Å². The molecule has 70 valence electrons. The summed E-state index contributed by atoms with van der Waals surface area (Å²) in [7, 11) is 0. The highest BCUT2D eigenvalue weighted by Gasteiger charge is 2.32. The van der Waals surface area contributed by atoms with Crippen molar-refractivity contribution in [3.63, 3.8) is 0 Å². The molecule has 12 heavy (non-hydrogen) atoms. The van der Waals surface area contributed by atoms with E-state index in [9.17, 15) is 0 Å². The summed E-state index contributed by atoms with van der Waals surface area (Å²) in [5.74, 6) is 0. The summed E-state index contributed by atoms with van der Waals surface area (Å²) in [5.41, 5.74) is 1.43. The summed E-state index contributed by atoms with van der Waals surface area (Å²) >= 11 is 4.37. The summed E-state index contributed by atoms with van der Waals surface area (Å²) in [6.07, 6.45) is 1.08. The van der Waals surface area contributed by atoms with Crippen molar-refractivity contribution in [1.82, 2.24) is 5.01 Å². The van der Waals surface area contributed by atoms with Crippen molar-refractivity contribution >= 4 is 18.3 Å². The van der Waals surface area contributed by atoms with Crippen molar-refractivity contribution < 1.29 is 0 Å². The zero-order valence-corrected chi connectivity index (χ0v) is 9.23. The molecule has 0 amide bonds. The molecule has 0 radical (unpaired) electrons. The lowest BCUT2D eigenvalue weighted by atomic mass is 9.99. The van der Waals surface area contributed by atoms with E-state index < -0.39 is 0 Å². The van der Waals surface area contributed by atoms with Crippen molar-refractivity contribution in [2.75, 3.05) is 6.54 Å². The van der Waals surface area contributed by atoms with Gasteiger partial charge in [-0.2, -0.15) is 17.7 Å². The minimum Gasteiger partial charge on any atom is -0.290 e. The first-order chi connectivity index (χ1) is 5.42. The van der Waals surface area contributed by atoms with E-state index in [2.05, 4.69) is 50.4 Å². The molecule has 0 fully saturated rings. The van der Waals surface area contributed by atoms with Crippen molar-refractivity contribution in [3.05, 3.63) is 0 Å². The topological polar surface area (TPSA) is 15.6 Å². The van der Waals surface area contributed by atoms with Crippen LogP contribution in [-0.2, 0) is 0 Å². The molecule has 2 nitrogen and oxygen atoms in total. The van der Waals surface area contributed by atoms with Crippen LogP contribution in [0.1, 0.15) is 34.1 Å². The molecule has 1 unspecified atom stereocenters. The van der Waals surface area contributed by atoms with E-state index in [-0.39, 0.29) is 5.54 Å². The first-order valence-electron chi connectivity index (χ1n) is 4.41. The summed E-state index contributed by atoms with van der Waals surface area (Å²) in [6.45, 7) is 9.58. The van der Waals surface area contributed by atoms with E-state index in [1.807, 2.05) is 0 Å². The van der Waals surface area contributed by atoms with Gasteiger partial charge in [-0.15, -0.1) is 0 Å². The van der Waals surface area contributed by atoms with Gasteiger partial charge in [-0.3, -0.25) is 5.01 Å². The molecule has 0 N–H and O–H groups in total. The molecule has 0 aromatic carbocycles. The summed E-state index contributed by atoms with van der Waals surface area (Å²) in [6, 6.07) is 0. The highest BCUT2D eigenvalue weighted by atomic mass is 32.1. The fraction of sp³-hybridized carbons (Fsp3) is 0.889. The number of hydrazone groups is 1. The van der Waals surface area contributed by atoms with Crippen LogP contribution in [0.4, 0.5) is 0 Å². The Kier molecular flexibility index (Phi) is 2.71. The summed E-state index contributed by atoms with van der Waals surface area (Å²) in [4.78, 5) is 0. The molecule has 1 aliphatic rings. The minimum atomic E-state index is 0.196. The van der Waals surface area contributed by atoms with Gasteiger partial charge in [0.15, 0.2) is 0 Å². The van der Waals surface area contributed by atoms with Gasteiger partial charge >= 0.3 is 0 Å². The normalized spacial score (nSPS) is 24.1. The molecule has 1 heterocycles. The van der Waals surface area contributed by atoms with E-state index in [0.717, 1.165) is 13.0 Å². The fourth-order valence-corrected chi connectivity index (χ4v) is 1.79. The van der Waals surface area contributed by atoms with Gasteiger partial charge in [0.25, 0.3) is 0 Å². The van der Waals surface area contributed by atoms with Crippen LogP contribution in [0.5, 0.6) is 0 Å². The third-order valence-corrected chi connectivity index (χ3v) is 2.28. The van der Waals surface area contributed by atoms with Gasteiger partial charge in [0.2, 0.25) is 0 Å². The average molecular weight is 186 g/mol. The lowest BCUT2D eigenvalue weighted by molar-refractivity contribution is 0.155. The Bertz CT molecular complexity index is 197. The second-order valence-corrected chi connectivity index (χ2v) is 5.14. The maximum atomic E-state index is 4.48. The molecule has 1 aliphatic heterocycles. The van der Waals surface area contributed by atoms with Gasteiger partial charge in [0.1, 0.15) is 0 Å². The predicted molar refractivity (Wildman–Crippen MR) is 57.0 cm³/mol. The van der Waals surface area contributed by atoms with Crippen LogP contribution in [-0.4, -0.2) is 28.1 Å². The Hall–Kier alpha value is -0.180. The van der Waals surface area contributed by atoms with Crippen molar-refractivity contribution in [2.24, 2.45) is 5.10 Å². The Balaban J connectivity index is 2.62. The Labute approximate surface area is 80.4 Å². The van der Waals surface area contributed by atoms with Gasteiger partial charge in [0.05, 0.1) is 5.54 Å². The number of thiol groups is 1. The molecule has 0 spiro atoms. The van der Waals surface area contributed by atoms with Crippen molar-refractivity contribution in [2.45, 2.75) is 44.9 Å². The molecule has 3 heteroatoms. The van der Waals surface area contributed by atoms with Crippen LogP contribution in [0.2, 0.25) is 0 Å². The second kappa shape index (κ2) is 3.29. The van der Waals surface area contributed by atoms with Crippen LogP contribution in [0.3, 0.4) is 0 Å². The molecule has 1 rings (SSSR count). The van der Waals surface area contributed by atoms with E-state index in [1.165, 1.54) is 5.71 Å². The van der Waals surface area contributed by atoms with E-state index in [1.54, 1.807) is 0 Å². The lowest BCUT2D eigenvalue weighted by Crippen LogP contribution is -2.39. The molecule has 0 aliphatic carbocycles. The van der Waals surface area contributed by atoms with Crippen molar-refractivity contribution in [1.29, 1.82) is 0 Å². The Morgan fingerprint density at radius 1 is 1.67 bits per heavy atom. The van der Waals surface area contributed by atoms with Gasteiger partial charge < -0.3 is 0 Å². The maximum absolute atomic E-state index is 4.48. The fourth-order valence-electron chi connectivity index (χ4n) is 1.63. The number of rotatable bonds is 2. The third kappa shape index (κ3) is 2.16. The quantitative estimate of drug-likeness (QED) is 0.653. The summed E-state index contributed by atoms with van der Waals surface area (Å²) < 4.78 is 0. The Morgan fingerprint density at radius 2 is 2.25 bits per heavy atom. The molecule has 0 bridgehead atoms. The Morgan fingerprint density at radius 3 is 2.58 bits per heavy atom. The molecular weight excluding hydrogens is 168 g/mol. The molecule has 1 atom stereocenters. The van der Waals surface area contributed by atoms with Gasteiger partial charge in [-0.1, -0.05) is 6.92 Å². The largest absolute Gasteiger partial charge is 0.290 e. The third-order valence-electron chi connectivity index (χ3n) is 2.12. The zero-order valence-electron chi connectivity index (χ0n) is 8.33. The molecule has 0 saturated heterocycles. The lowest BCUT2D eigenvalue weighted by Gasteiger charge is -2.31. The van der Waals surface area contributed by atoms with Crippen LogP contribution < -0.4 is 0 Å². The van der Waals surface area contributed by atoms with Crippen LogP contribution >= 0.6 is 12.6 Å². The highest BCUT2D eigenvalue weighted by molar-refractivity contribution is 7.80. The van der Waals surface area contributed by atoms with Gasteiger partial charge in [-0.25, -0.2) is 0 Å². The standard InChI is InChI=1S/C9H18N2S/c1-7-5-9(3,4)11(10-7)6-8(2)12/h8,12H,5-6H2,1-4H3. The molecule has 0 saturated carbocycles. The van der Waals surface area contributed by atoms with E-state index >= 15 is 0 Å². The number of hydrogen-bond donors (Lipinski definition) is 1. The first-order valence-corrected chi connectivity index (χ1v) is 4.93. The highest BCUT2D eigenvalue weighted by Crippen LogP contribution is 2.26. The molecule has 0 aromatic rings. The molecule has 0 aromatic heterocycles. The van der Waals surface area contributed by atoms with Gasteiger partial charge in [-0.05, 0) is 20.8 Å². The minimum absolute atomic E-state index is 0.196. The summed E-state index contributed by atoms with van der Waals surface area (Å²) in [5, 5.41) is 7.02. The smallest absolute Gasteiger partial charge is 0.0576 e. The van der Waals surface area contributed by atoms with E-state index in [4.69, 9.17) is 0 Å². The maximum Gasteiger partial charge on any atom is 0.0576 e. The van der Waals surface area contributed by atoms with E-state index in [0.29, 0.717) is 5.25 Å². The average Bonchev–Trinajstić information content (AvgIpc) is 2.04. The zero-order chi connectivity index (χ0) is 9.35. The predicted octanol–water partition coefficient (Wildman–Crippen LogP) is 2.16. The SMILES string of the molecule is CC1=NN(CC(C)S)C(C)(C)C1. The monoisotopic (exact) mass is 186 g/mol. The molecular formula is C9H18N2S. The van der Waals surface area contributed by atoms with Crippen molar-refractivity contribution in [3.8, 4) is 0 Å². The van der Waals surface area contributed by atoms with Crippen LogP contribution in [0, 0.1) is 0 Å². The second-order valence-electron chi connectivity index (χ2n) is 4.26. The first kappa shape index (κ1) is 9.90.